The van der Waals surface area contributed by atoms with E-state index in [0.717, 1.165) is 5.56 Å². The maximum Gasteiger partial charge on any atom is 0.263 e. The third kappa shape index (κ3) is 3.02. The van der Waals surface area contributed by atoms with Crippen LogP contribution in [0.15, 0.2) is 35.4 Å². The van der Waals surface area contributed by atoms with Gasteiger partial charge in [0.15, 0.2) is 0 Å². The summed E-state index contributed by atoms with van der Waals surface area (Å²) in [5, 5.41) is 0.329. The smallest absolute Gasteiger partial charge is 0.263 e. The molecular weight excluding hydrogens is 298 g/mol. The van der Waals surface area contributed by atoms with Gasteiger partial charge in [-0.15, -0.1) is 0 Å². The zero-order valence-electron chi connectivity index (χ0n) is 11.0. The minimum atomic E-state index is -3.75. The van der Waals surface area contributed by atoms with E-state index in [1.54, 1.807) is 25.3 Å². The molecule has 0 aliphatic heterocycles. The molecule has 2 aromatic rings. The van der Waals surface area contributed by atoms with Gasteiger partial charge >= 0.3 is 0 Å². The Morgan fingerprint density at radius 2 is 1.95 bits per heavy atom. The second kappa shape index (κ2) is 5.30. The molecule has 0 bridgehead atoms. The Kier molecular flexibility index (Phi) is 3.87. The molecule has 3 N–H and O–H groups in total. The van der Waals surface area contributed by atoms with E-state index in [-0.39, 0.29) is 16.4 Å². The van der Waals surface area contributed by atoms with Crippen LogP contribution in [-0.2, 0) is 10.0 Å². The number of nitrogens with two attached hydrogens (primary N) is 1. The minimum Gasteiger partial charge on any atom is -0.397 e. The van der Waals surface area contributed by atoms with E-state index in [9.17, 15) is 8.42 Å². The first-order chi connectivity index (χ1) is 9.29. The first kappa shape index (κ1) is 14.6. The molecule has 0 fully saturated rings. The van der Waals surface area contributed by atoms with Crippen LogP contribution in [0.25, 0.3) is 0 Å². The summed E-state index contributed by atoms with van der Waals surface area (Å²) in [6.45, 7) is 3.53. The van der Waals surface area contributed by atoms with E-state index < -0.39 is 10.0 Å². The van der Waals surface area contributed by atoms with Crippen molar-refractivity contribution in [1.82, 2.24) is 4.98 Å². The molecule has 0 saturated heterocycles. The van der Waals surface area contributed by atoms with Crippen molar-refractivity contribution in [2.45, 2.75) is 18.7 Å². The van der Waals surface area contributed by atoms with Crippen LogP contribution in [-0.4, -0.2) is 13.4 Å². The summed E-state index contributed by atoms with van der Waals surface area (Å²) < 4.78 is 27.1. The van der Waals surface area contributed by atoms with Gasteiger partial charge in [0.05, 0.1) is 15.6 Å². The number of sulfonamides is 1. The molecule has 1 aromatic carbocycles. The largest absolute Gasteiger partial charge is 0.397 e. The number of nitrogens with zero attached hydrogens (tertiary/aromatic N) is 1. The van der Waals surface area contributed by atoms with Gasteiger partial charge in [-0.1, -0.05) is 17.7 Å². The molecule has 0 spiro atoms. The van der Waals surface area contributed by atoms with Gasteiger partial charge in [-0.3, -0.25) is 4.72 Å². The Morgan fingerprint density at radius 1 is 1.25 bits per heavy atom. The molecule has 0 radical (unpaired) electrons. The number of rotatable bonds is 3. The number of hydrogen-bond donors (Lipinski definition) is 2. The lowest BCUT2D eigenvalue weighted by Crippen LogP contribution is -2.15. The molecule has 1 heterocycles. The third-order valence-corrected chi connectivity index (χ3v) is 4.56. The molecule has 1 aromatic heterocycles. The monoisotopic (exact) mass is 311 g/mol. The normalized spacial score (nSPS) is 11.3. The van der Waals surface area contributed by atoms with Crippen molar-refractivity contribution in [3.63, 3.8) is 0 Å². The van der Waals surface area contributed by atoms with Crippen LogP contribution in [0, 0.1) is 13.8 Å². The number of nitrogens with one attached hydrogen (secondary N) is 1. The van der Waals surface area contributed by atoms with Crippen LogP contribution in [0.4, 0.5) is 11.5 Å². The molecule has 0 amide bonds. The van der Waals surface area contributed by atoms with Crippen molar-refractivity contribution >= 4 is 33.1 Å². The fourth-order valence-electron chi connectivity index (χ4n) is 1.68. The van der Waals surface area contributed by atoms with E-state index in [2.05, 4.69) is 9.71 Å². The number of nitrogen functional groups attached to an aromatic ring is 1. The van der Waals surface area contributed by atoms with E-state index in [1.807, 2.05) is 6.92 Å². The van der Waals surface area contributed by atoms with Gasteiger partial charge in [0.25, 0.3) is 10.0 Å². The third-order valence-electron chi connectivity index (χ3n) is 2.73. The van der Waals surface area contributed by atoms with Gasteiger partial charge in [-0.25, -0.2) is 13.4 Å². The van der Waals surface area contributed by atoms with Crippen molar-refractivity contribution in [3.05, 3.63) is 46.6 Å². The maximum atomic E-state index is 12.3. The van der Waals surface area contributed by atoms with Gasteiger partial charge in [-0.05, 0) is 43.2 Å². The highest BCUT2D eigenvalue weighted by atomic mass is 35.5. The minimum absolute atomic E-state index is 0.0850. The summed E-state index contributed by atoms with van der Waals surface area (Å²) in [6, 6.07) is 6.23. The number of benzene rings is 1. The molecule has 0 aliphatic carbocycles. The highest BCUT2D eigenvalue weighted by Gasteiger charge is 2.19. The average Bonchev–Trinajstić information content (AvgIpc) is 2.36. The summed E-state index contributed by atoms with van der Waals surface area (Å²) in [5.74, 6) is 0.253. The van der Waals surface area contributed by atoms with Gasteiger partial charge in [0.1, 0.15) is 5.82 Å². The van der Waals surface area contributed by atoms with Crippen LogP contribution in [0.3, 0.4) is 0 Å². The zero-order chi connectivity index (χ0) is 14.9. The first-order valence-electron chi connectivity index (χ1n) is 5.81. The van der Waals surface area contributed by atoms with E-state index >= 15 is 0 Å². The summed E-state index contributed by atoms with van der Waals surface area (Å²) in [5.41, 5.74) is 7.34. The Morgan fingerprint density at radius 3 is 2.55 bits per heavy atom. The number of halogens is 1. The van der Waals surface area contributed by atoms with Crippen LogP contribution in [0.5, 0.6) is 0 Å². The predicted molar refractivity (Wildman–Crippen MR) is 80.4 cm³/mol. The van der Waals surface area contributed by atoms with Crippen LogP contribution in [0.1, 0.15) is 11.1 Å². The summed E-state index contributed by atoms with van der Waals surface area (Å²) >= 11 is 5.86. The van der Waals surface area contributed by atoms with Crippen molar-refractivity contribution < 1.29 is 8.42 Å². The topological polar surface area (TPSA) is 85.1 Å². The predicted octanol–water partition coefficient (Wildman–Crippen LogP) is 2.73. The molecule has 0 aliphatic rings. The highest BCUT2D eigenvalue weighted by molar-refractivity contribution is 7.92. The van der Waals surface area contributed by atoms with Crippen molar-refractivity contribution in [1.29, 1.82) is 0 Å². The maximum absolute atomic E-state index is 12.3. The lowest BCUT2D eigenvalue weighted by atomic mass is 10.2. The highest BCUT2D eigenvalue weighted by Crippen LogP contribution is 2.27. The fraction of sp³-hybridized carbons (Fsp3) is 0.154. The summed E-state index contributed by atoms with van der Waals surface area (Å²) in [6.07, 6.45) is 1.58. The van der Waals surface area contributed by atoms with Gasteiger partial charge in [-0.2, -0.15) is 0 Å². The summed E-state index contributed by atoms with van der Waals surface area (Å²) in [7, 11) is -3.75. The number of hydrogen-bond acceptors (Lipinski definition) is 4. The van der Waals surface area contributed by atoms with Gasteiger partial charge < -0.3 is 5.73 Å². The van der Waals surface area contributed by atoms with Crippen LogP contribution >= 0.6 is 11.6 Å². The molecule has 0 unspecified atom stereocenters. The fourth-order valence-corrected chi connectivity index (χ4v) is 3.17. The Labute approximate surface area is 122 Å². The average molecular weight is 312 g/mol. The number of aryl methyl sites for hydroxylation is 2. The van der Waals surface area contributed by atoms with E-state index in [4.69, 9.17) is 17.3 Å². The van der Waals surface area contributed by atoms with Crippen molar-refractivity contribution in [3.8, 4) is 0 Å². The number of pyridine rings is 1. The Bertz CT molecular complexity index is 743. The van der Waals surface area contributed by atoms with E-state index in [1.165, 1.54) is 12.1 Å². The summed E-state index contributed by atoms with van der Waals surface area (Å²) in [4.78, 5) is 4.10. The molecule has 0 saturated carbocycles. The second-order valence-corrected chi connectivity index (χ2v) is 6.52. The SMILES string of the molecule is Cc1ccc(NS(=O)(=O)c2cc(N)c(Cl)cc2C)nc1. The Balaban J connectivity index is 2.40. The van der Waals surface area contributed by atoms with Crippen molar-refractivity contribution in [2.24, 2.45) is 0 Å². The van der Waals surface area contributed by atoms with E-state index in [0.29, 0.717) is 10.6 Å². The molecule has 106 valence electrons. The lowest BCUT2D eigenvalue weighted by Gasteiger charge is -2.11. The van der Waals surface area contributed by atoms with Crippen LogP contribution in [0.2, 0.25) is 5.02 Å². The number of aromatic nitrogens is 1. The zero-order valence-corrected chi connectivity index (χ0v) is 12.6. The number of anilines is 2. The van der Waals surface area contributed by atoms with Crippen LogP contribution < -0.4 is 10.5 Å². The second-order valence-electron chi connectivity index (χ2n) is 4.47. The molecule has 0 atom stereocenters. The Hall–Kier alpha value is -1.79. The quantitative estimate of drug-likeness (QED) is 0.853. The molecule has 20 heavy (non-hydrogen) atoms. The molecular formula is C13H14ClN3O2S. The lowest BCUT2D eigenvalue weighted by molar-refractivity contribution is 0.600. The molecule has 5 nitrogen and oxygen atoms in total. The van der Waals surface area contributed by atoms with Gasteiger partial charge in [0.2, 0.25) is 0 Å². The standard InChI is InChI=1S/C13H14ClN3O2S/c1-8-3-4-13(16-7-8)17-20(18,19)12-6-11(15)10(14)5-9(12)2/h3-7H,15H2,1-2H3,(H,16,17). The first-order valence-corrected chi connectivity index (χ1v) is 7.67. The van der Waals surface area contributed by atoms with Gasteiger partial charge in [0, 0.05) is 6.20 Å². The molecule has 7 heteroatoms. The van der Waals surface area contributed by atoms with Crippen molar-refractivity contribution in [2.75, 3.05) is 10.5 Å². The molecule has 2 rings (SSSR count).